The number of allylic oxidation sites excluding steroid dienone is 1. The van der Waals surface area contributed by atoms with Crippen LogP contribution in [0.15, 0.2) is 16.9 Å². The fourth-order valence-electron chi connectivity index (χ4n) is 2.18. The largest absolute Gasteiger partial charge is 0.384 e. The van der Waals surface area contributed by atoms with Crippen LogP contribution < -0.4 is 22.9 Å². The number of anilines is 2. The van der Waals surface area contributed by atoms with E-state index in [0.717, 1.165) is 0 Å². The smallest absolute Gasteiger partial charge is 0.224 e. The third-order valence-corrected chi connectivity index (χ3v) is 3.24. The molecule has 0 saturated carbocycles. The van der Waals surface area contributed by atoms with Crippen molar-refractivity contribution in [3.05, 3.63) is 23.3 Å². The molecule has 8 N–H and O–H groups in total. The molecule has 108 valence electrons. The van der Waals surface area contributed by atoms with Crippen LogP contribution in [0.1, 0.15) is 30.7 Å². The molecule has 2 aromatic rings. The van der Waals surface area contributed by atoms with Crippen molar-refractivity contribution in [3.63, 3.8) is 0 Å². The molecule has 1 aliphatic heterocycles. The van der Waals surface area contributed by atoms with E-state index in [1.54, 1.807) is 6.08 Å². The number of nitrogen functional groups attached to an aromatic ring is 2. The van der Waals surface area contributed by atoms with Gasteiger partial charge in [-0.1, -0.05) is 6.92 Å². The summed E-state index contributed by atoms with van der Waals surface area (Å²) in [6.07, 6.45) is 2.47. The summed E-state index contributed by atoms with van der Waals surface area (Å²) in [6.45, 7) is 2.00. The van der Waals surface area contributed by atoms with Crippen molar-refractivity contribution < 1.29 is 0 Å². The van der Waals surface area contributed by atoms with Crippen molar-refractivity contribution in [2.75, 3.05) is 11.5 Å². The first kappa shape index (κ1) is 13.0. The molecule has 3 rings (SSSR count). The maximum absolute atomic E-state index is 5.96. The molecule has 3 heterocycles. The Morgan fingerprint density at radius 3 is 2.57 bits per heavy atom. The van der Waals surface area contributed by atoms with Gasteiger partial charge in [0.25, 0.3) is 0 Å². The second kappa shape index (κ2) is 4.54. The molecule has 21 heavy (non-hydrogen) atoms. The molecule has 0 fully saturated rings. The fraction of sp³-hybridized carbons (Fsp3) is 0.250. The lowest BCUT2D eigenvalue weighted by molar-refractivity contribution is 0.736. The molecule has 9 heteroatoms. The zero-order valence-corrected chi connectivity index (χ0v) is 11.4. The van der Waals surface area contributed by atoms with E-state index >= 15 is 0 Å². The molecule has 2 aromatic heterocycles. The van der Waals surface area contributed by atoms with Crippen LogP contribution >= 0.6 is 0 Å². The van der Waals surface area contributed by atoms with Crippen molar-refractivity contribution in [2.24, 2.45) is 16.5 Å². The van der Waals surface area contributed by atoms with Gasteiger partial charge in [-0.25, -0.2) is 15.0 Å². The van der Waals surface area contributed by atoms with Gasteiger partial charge in [-0.2, -0.15) is 9.97 Å². The Morgan fingerprint density at radius 2 is 1.81 bits per heavy atom. The molecule has 0 spiro atoms. The number of aliphatic imine (C=N–C) groups is 1. The summed E-state index contributed by atoms with van der Waals surface area (Å²) < 4.78 is 0. The monoisotopic (exact) mass is 285 g/mol. The van der Waals surface area contributed by atoms with Crippen molar-refractivity contribution in [3.8, 4) is 0 Å². The van der Waals surface area contributed by atoms with Crippen molar-refractivity contribution in [2.45, 2.75) is 19.3 Å². The van der Waals surface area contributed by atoms with E-state index in [-0.39, 0.29) is 23.5 Å². The standard InChI is InChI=1S/C12H15N9/c1-4-2-3-5(13)17-9(14)7-6(4)19-11-8(18-7)10(15)20-12(16)21-11/h3-4H,2,13H2,1H3,(H2,14,17)(H4,15,16,19,20,21)/b5-3+. The van der Waals surface area contributed by atoms with E-state index in [0.29, 0.717) is 34.8 Å². The molecule has 0 saturated heterocycles. The van der Waals surface area contributed by atoms with Crippen LogP contribution in [0, 0.1) is 0 Å². The van der Waals surface area contributed by atoms with Gasteiger partial charge in [-0.15, -0.1) is 0 Å². The summed E-state index contributed by atoms with van der Waals surface area (Å²) in [4.78, 5) is 20.9. The molecule has 1 aliphatic rings. The predicted molar refractivity (Wildman–Crippen MR) is 80.0 cm³/mol. The fourth-order valence-corrected chi connectivity index (χ4v) is 2.18. The zero-order chi connectivity index (χ0) is 15.1. The second-order valence-electron chi connectivity index (χ2n) is 4.86. The van der Waals surface area contributed by atoms with E-state index < -0.39 is 0 Å². The third-order valence-electron chi connectivity index (χ3n) is 3.24. The quantitative estimate of drug-likeness (QED) is 0.506. The van der Waals surface area contributed by atoms with Crippen molar-refractivity contribution in [1.82, 2.24) is 19.9 Å². The highest BCUT2D eigenvalue weighted by Gasteiger charge is 2.21. The maximum Gasteiger partial charge on any atom is 0.224 e. The average Bonchev–Trinajstić information content (AvgIpc) is 2.42. The number of amidine groups is 1. The molecule has 0 radical (unpaired) electrons. The molecule has 0 bridgehead atoms. The lowest BCUT2D eigenvalue weighted by Crippen LogP contribution is -2.23. The summed E-state index contributed by atoms with van der Waals surface area (Å²) >= 11 is 0. The highest BCUT2D eigenvalue weighted by atomic mass is 15.1. The SMILES string of the molecule is CC1C/C=C(\N)N=C(N)c2nc3c(N)nc(N)nc3nc21. The molecule has 9 nitrogen and oxygen atoms in total. The summed E-state index contributed by atoms with van der Waals surface area (Å²) in [5.74, 6) is 0.809. The first-order chi connectivity index (χ1) is 9.95. The molecule has 0 amide bonds. The minimum absolute atomic E-state index is 0.0542. The van der Waals surface area contributed by atoms with Gasteiger partial charge in [0.15, 0.2) is 22.8 Å². The number of hydrogen-bond acceptors (Lipinski definition) is 9. The summed E-state index contributed by atoms with van der Waals surface area (Å²) in [5, 5.41) is 0. The van der Waals surface area contributed by atoms with Crippen LogP contribution in [0.3, 0.4) is 0 Å². The van der Waals surface area contributed by atoms with Gasteiger partial charge in [-0.05, 0) is 12.5 Å². The summed E-state index contributed by atoms with van der Waals surface area (Å²) in [5.41, 5.74) is 24.9. The molecular weight excluding hydrogens is 270 g/mol. The number of rotatable bonds is 0. The van der Waals surface area contributed by atoms with Gasteiger partial charge in [0.1, 0.15) is 11.5 Å². The van der Waals surface area contributed by atoms with Gasteiger partial charge in [0.05, 0.1) is 5.69 Å². The Balaban J connectivity index is 2.34. The summed E-state index contributed by atoms with van der Waals surface area (Å²) in [7, 11) is 0. The highest BCUT2D eigenvalue weighted by molar-refractivity contribution is 5.99. The lowest BCUT2D eigenvalue weighted by atomic mass is 9.99. The van der Waals surface area contributed by atoms with Gasteiger partial charge in [-0.3, -0.25) is 0 Å². The average molecular weight is 285 g/mol. The zero-order valence-electron chi connectivity index (χ0n) is 11.4. The first-order valence-corrected chi connectivity index (χ1v) is 6.36. The topological polar surface area (TPSA) is 168 Å². The van der Waals surface area contributed by atoms with E-state index in [9.17, 15) is 0 Å². The summed E-state index contributed by atoms with van der Waals surface area (Å²) in [6, 6.07) is 0. The molecular formula is C12H15N9. The Bertz CT molecular complexity index is 793. The van der Waals surface area contributed by atoms with Crippen LogP contribution in [-0.4, -0.2) is 25.8 Å². The predicted octanol–water partition coefficient (Wildman–Crippen LogP) is -0.403. The molecule has 0 aromatic carbocycles. The third kappa shape index (κ3) is 2.18. The first-order valence-electron chi connectivity index (χ1n) is 6.36. The normalized spacial score (nSPS) is 20.9. The van der Waals surface area contributed by atoms with Crippen LogP contribution in [0.4, 0.5) is 11.8 Å². The van der Waals surface area contributed by atoms with Crippen molar-refractivity contribution >= 4 is 28.8 Å². The van der Waals surface area contributed by atoms with Gasteiger partial charge >= 0.3 is 0 Å². The number of nitrogens with two attached hydrogens (primary N) is 4. The Morgan fingerprint density at radius 1 is 1.05 bits per heavy atom. The molecule has 1 atom stereocenters. The Kier molecular flexibility index (Phi) is 2.82. The second-order valence-corrected chi connectivity index (χ2v) is 4.86. The van der Waals surface area contributed by atoms with Crippen LogP contribution in [0.5, 0.6) is 0 Å². The van der Waals surface area contributed by atoms with E-state index in [1.807, 2.05) is 6.92 Å². The van der Waals surface area contributed by atoms with Gasteiger partial charge in [0, 0.05) is 5.92 Å². The van der Waals surface area contributed by atoms with Crippen molar-refractivity contribution in [1.29, 1.82) is 0 Å². The Hall–Kier alpha value is -2.97. The number of nitrogens with zero attached hydrogens (tertiary/aromatic N) is 5. The Labute approximate surface area is 120 Å². The molecule has 1 unspecified atom stereocenters. The van der Waals surface area contributed by atoms with Crippen LogP contribution in [0.2, 0.25) is 0 Å². The minimum Gasteiger partial charge on any atom is -0.384 e. The van der Waals surface area contributed by atoms with Gasteiger partial charge in [0.2, 0.25) is 5.95 Å². The van der Waals surface area contributed by atoms with Gasteiger partial charge < -0.3 is 22.9 Å². The minimum atomic E-state index is 0.0542. The van der Waals surface area contributed by atoms with E-state index in [1.165, 1.54) is 0 Å². The highest BCUT2D eigenvalue weighted by Crippen LogP contribution is 2.26. The maximum atomic E-state index is 5.96. The van der Waals surface area contributed by atoms with Crippen LogP contribution in [0.25, 0.3) is 11.2 Å². The van der Waals surface area contributed by atoms with E-state index in [2.05, 4.69) is 24.9 Å². The van der Waals surface area contributed by atoms with Crippen LogP contribution in [-0.2, 0) is 0 Å². The lowest BCUT2D eigenvalue weighted by Gasteiger charge is -2.16. The number of hydrogen-bond donors (Lipinski definition) is 4. The van der Waals surface area contributed by atoms with E-state index in [4.69, 9.17) is 22.9 Å². The number of aromatic nitrogens is 4. The number of fused-ring (bicyclic) bond motifs is 2. The molecule has 0 aliphatic carbocycles.